The van der Waals surface area contributed by atoms with Crippen LogP contribution in [-0.2, 0) is 14.3 Å². The van der Waals surface area contributed by atoms with Crippen LogP contribution in [0.2, 0.25) is 0 Å². The highest BCUT2D eigenvalue weighted by Gasteiger charge is 2.74. The van der Waals surface area contributed by atoms with Gasteiger partial charge in [0.1, 0.15) is 24.4 Å². The first-order chi connectivity index (χ1) is 17.2. The molecule has 0 aromatic rings. The molecule has 5 aliphatic rings. The van der Waals surface area contributed by atoms with Gasteiger partial charge in [-0.3, -0.25) is 4.79 Å². The summed E-state index contributed by atoms with van der Waals surface area (Å²) in [7, 11) is 0. The van der Waals surface area contributed by atoms with E-state index in [4.69, 9.17) is 9.47 Å². The molecule has 0 amide bonds. The highest BCUT2D eigenvalue weighted by Crippen LogP contribution is 2.72. The first kappa shape index (κ1) is 27.7. The van der Waals surface area contributed by atoms with Crippen LogP contribution in [0.1, 0.15) is 58.8 Å². The first-order valence-corrected chi connectivity index (χ1v) is 13.5. The Kier molecular flexibility index (Phi) is 6.78. The van der Waals surface area contributed by atoms with Crippen molar-refractivity contribution in [2.75, 3.05) is 13.2 Å². The maximum Gasteiger partial charge on any atom is 0.309 e. The van der Waals surface area contributed by atoms with Crippen LogP contribution in [0.15, 0.2) is 0 Å². The molecule has 1 heterocycles. The van der Waals surface area contributed by atoms with Crippen molar-refractivity contribution >= 4 is 5.97 Å². The van der Waals surface area contributed by atoms with Gasteiger partial charge in [-0.05, 0) is 62.7 Å². The van der Waals surface area contributed by atoms with Crippen molar-refractivity contribution in [3.8, 4) is 0 Å². The van der Waals surface area contributed by atoms with Gasteiger partial charge < -0.3 is 50.3 Å². The summed E-state index contributed by atoms with van der Waals surface area (Å²) in [4.78, 5) is 12.4. The number of carboxylic acid groups (broad SMARTS) is 1. The third kappa shape index (κ3) is 3.76. The average molecular weight is 531 g/mol. The lowest BCUT2D eigenvalue weighted by Crippen LogP contribution is -2.69. The predicted molar refractivity (Wildman–Crippen MR) is 126 cm³/mol. The summed E-state index contributed by atoms with van der Waals surface area (Å²) in [6, 6.07) is 0. The number of fused-ring (bicyclic) bond motifs is 3. The molecule has 5 fully saturated rings. The van der Waals surface area contributed by atoms with E-state index in [1.54, 1.807) is 6.92 Å². The zero-order chi connectivity index (χ0) is 27.1. The zero-order valence-electron chi connectivity index (χ0n) is 21.4. The second kappa shape index (κ2) is 9.07. The maximum absolute atomic E-state index is 12.4. The summed E-state index contributed by atoms with van der Waals surface area (Å²) in [5, 5.41) is 84.9. The Bertz CT molecular complexity index is 900. The lowest BCUT2D eigenvalue weighted by molar-refractivity contribution is -0.310. The van der Waals surface area contributed by atoms with Crippen molar-refractivity contribution in [1.82, 2.24) is 0 Å². The van der Waals surface area contributed by atoms with E-state index in [-0.39, 0.29) is 24.9 Å². The molecule has 212 valence electrons. The van der Waals surface area contributed by atoms with E-state index < -0.39 is 83.3 Å². The largest absolute Gasteiger partial charge is 0.481 e. The summed E-state index contributed by atoms with van der Waals surface area (Å²) in [5.41, 5.74) is -3.93. The molecule has 4 aliphatic carbocycles. The number of carbonyl (C=O) groups is 1. The molecule has 1 spiro atoms. The molecule has 1 aliphatic heterocycles. The second-order valence-corrected chi connectivity index (χ2v) is 13.0. The van der Waals surface area contributed by atoms with Crippen molar-refractivity contribution in [2.24, 2.45) is 34.0 Å². The number of aliphatic carboxylic acids is 1. The molecule has 5 rings (SSSR count). The number of hydrogen-bond donors (Lipinski definition) is 8. The quantitative estimate of drug-likeness (QED) is 0.216. The van der Waals surface area contributed by atoms with Crippen LogP contribution in [0.5, 0.6) is 0 Å². The molecule has 11 heteroatoms. The highest BCUT2D eigenvalue weighted by molar-refractivity contribution is 5.75. The number of hydrogen-bond acceptors (Lipinski definition) is 10. The normalized spacial score (nSPS) is 57.4. The maximum atomic E-state index is 12.4. The summed E-state index contributed by atoms with van der Waals surface area (Å²) in [5.74, 6) is -1.94. The molecule has 0 unspecified atom stereocenters. The van der Waals surface area contributed by atoms with E-state index in [9.17, 15) is 45.6 Å². The Hall–Kier alpha value is -0.890. The molecule has 0 radical (unpaired) electrons. The van der Waals surface area contributed by atoms with Gasteiger partial charge in [-0.2, -0.15) is 0 Å². The number of carboxylic acids is 1. The summed E-state index contributed by atoms with van der Waals surface area (Å²) in [6.45, 7) is 2.85. The van der Waals surface area contributed by atoms with Crippen LogP contribution < -0.4 is 0 Å². The topological polar surface area (TPSA) is 197 Å². The average Bonchev–Trinajstić information content (AvgIpc) is 3.07. The first-order valence-electron chi connectivity index (χ1n) is 13.5. The molecular formula is C26H42O11. The van der Waals surface area contributed by atoms with Gasteiger partial charge in [0.05, 0.1) is 36.4 Å². The minimum atomic E-state index is -1.60. The van der Waals surface area contributed by atoms with E-state index in [2.05, 4.69) is 0 Å². The van der Waals surface area contributed by atoms with Crippen LogP contribution in [0.25, 0.3) is 0 Å². The number of aliphatic hydroxyl groups is 7. The van der Waals surface area contributed by atoms with E-state index in [1.807, 2.05) is 6.92 Å². The standard InChI is InChI=1S/C26H42O11/c1-23-6-3-7-24(2,22(33)34)19(23)18(31)20(32)25-8-12(4-5-14(23)25)26(35,10-25)11-36-21-17(30)16(29)15(28)13(9-27)37-21/h12-21,27-32,35H,3-11H2,1-2H3,(H,33,34)/t12-,13+,14+,15+,16-,17+,18+,19+,20+,21+,23+,24-,25-,26-/m1/s1. The predicted octanol–water partition coefficient (Wildman–Crippen LogP) is -1.03. The van der Waals surface area contributed by atoms with Crippen molar-refractivity contribution in [2.45, 2.75) is 107 Å². The molecule has 0 aromatic heterocycles. The molecule has 14 atom stereocenters. The third-order valence-electron chi connectivity index (χ3n) is 11.2. The Labute approximate surface area is 216 Å². The Morgan fingerprint density at radius 1 is 1.00 bits per heavy atom. The van der Waals surface area contributed by atoms with Crippen molar-refractivity contribution < 1.29 is 55.1 Å². The lowest BCUT2D eigenvalue weighted by Gasteiger charge is -2.66. The number of rotatable bonds is 5. The van der Waals surface area contributed by atoms with Crippen LogP contribution in [0.4, 0.5) is 0 Å². The van der Waals surface area contributed by atoms with Gasteiger partial charge in [0.2, 0.25) is 0 Å². The molecule has 4 saturated carbocycles. The van der Waals surface area contributed by atoms with Crippen molar-refractivity contribution in [1.29, 1.82) is 0 Å². The Morgan fingerprint density at radius 3 is 2.35 bits per heavy atom. The van der Waals surface area contributed by atoms with Gasteiger partial charge in [0.15, 0.2) is 6.29 Å². The molecule has 37 heavy (non-hydrogen) atoms. The van der Waals surface area contributed by atoms with Gasteiger partial charge in [0, 0.05) is 11.3 Å². The van der Waals surface area contributed by atoms with Gasteiger partial charge in [-0.25, -0.2) is 0 Å². The molecule has 0 aromatic carbocycles. The smallest absolute Gasteiger partial charge is 0.309 e. The molecular weight excluding hydrogens is 488 g/mol. The fourth-order valence-corrected chi connectivity index (χ4v) is 9.54. The van der Waals surface area contributed by atoms with Gasteiger partial charge in [-0.1, -0.05) is 13.3 Å². The van der Waals surface area contributed by atoms with Crippen molar-refractivity contribution in [3.63, 3.8) is 0 Å². The fraction of sp³-hybridized carbons (Fsp3) is 0.962. The lowest BCUT2D eigenvalue weighted by atomic mass is 9.39. The van der Waals surface area contributed by atoms with Gasteiger partial charge in [-0.15, -0.1) is 0 Å². The van der Waals surface area contributed by atoms with Crippen LogP contribution in [0, 0.1) is 34.0 Å². The van der Waals surface area contributed by atoms with E-state index in [1.165, 1.54) is 0 Å². The highest BCUT2D eigenvalue weighted by atomic mass is 16.7. The molecule has 2 bridgehead atoms. The number of ether oxygens (including phenoxy) is 2. The van der Waals surface area contributed by atoms with E-state index >= 15 is 0 Å². The van der Waals surface area contributed by atoms with E-state index in [0.29, 0.717) is 32.1 Å². The molecule has 8 N–H and O–H groups in total. The SMILES string of the molecule is C[C@@]12CCC[C@@](C)(C(=O)O)[C@H]1[C@H](O)[C@H](O)[C@@]13C[C@@H](CC[C@@H]21)[C@](O)(CO[C@H]1O[C@@H](CO)[C@H](O)[C@@H](O)[C@@H]1O)C3. The van der Waals surface area contributed by atoms with Crippen LogP contribution >= 0.6 is 0 Å². The molecule has 11 nitrogen and oxygen atoms in total. The van der Waals surface area contributed by atoms with Crippen molar-refractivity contribution in [3.05, 3.63) is 0 Å². The zero-order valence-corrected chi connectivity index (χ0v) is 21.4. The van der Waals surface area contributed by atoms with Gasteiger partial charge >= 0.3 is 5.97 Å². The summed E-state index contributed by atoms with van der Waals surface area (Å²) >= 11 is 0. The van der Waals surface area contributed by atoms with Crippen LogP contribution in [0.3, 0.4) is 0 Å². The third-order valence-corrected chi connectivity index (χ3v) is 11.2. The van der Waals surface area contributed by atoms with E-state index in [0.717, 1.165) is 6.42 Å². The Balaban J connectivity index is 1.40. The number of aliphatic hydroxyl groups excluding tert-OH is 6. The monoisotopic (exact) mass is 530 g/mol. The second-order valence-electron chi connectivity index (χ2n) is 13.0. The summed E-state index contributed by atoms with van der Waals surface area (Å²) < 4.78 is 11.2. The minimum Gasteiger partial charge on any atom is -0.481 e. The molecule has 1 saturated heterocycles. The van der Waals surface area contributed by atoms with Crippen LogP contribution in [-0.4, -0.2) is 109 Å². The summed E-state index contributed by atoms with van der Waals surface area (Å²) in [6.07, 6.45) is -5.91. The minimum absolute atomic E-state index is 0.0973. The van der Waals surface area contributed by atoms with Gasteiger partial charge in [0.25, 0.3) is 0 Å². The fourth-order valence-electron chi connectivity index (χ4n) is 9.54. The Morgan fingerprint density at radius 2 is 1.70 bits per heavy atom.